The van der Waals surface area contributed by atoms with E-state index in [-0.39, 0.29) is 5.91 Å². The van der Waals surface area contributed by atoms with Gasteiger partial charge in [0, 0.05) is 34.8 Å². The number of anilines is 1. The summed E-state index contributed by atoms with van der Waals surface area (Å²) >= 11 is 7.33. The van der Waals surface area contributed by atoms with Crippen molar-refractivity contribution in [2.45, 2.75) is 11.3 Å². The van der Waals surface area contributed by atoms with Crippen molar-refractivity contribution in [3.8, 4) is 0 Å². The molecule has 3 nitrogen and oxygen atoms in total. The van der Waals surface area contributed by atoms with E-state index in [0.717, 1.165) is 4.90 Å². The van der Waals surface area contributed by atoms with Gasteiger partial charge in [-0.2, -0.15) is 0 Å². The van der Waals surface area contributed by atoms with Crippen LogP contribution in [-0.2, 0) is 4.79 Å². The molecule has 0 aliphatic heterocycles. The molecule has 1 aromatic rings. The van der Waals surface area contributed by atoms with Crippen LogP contribution in [0.15, 0.2) is 23.1 Å². The average Bonchev–Trinajstić information content (AvgIpc) is 2.21. The van der Waals surface area contributed by atoms with E-state index in [0.29, 0.717) is 22.9 Å². The fourth-order valence-corrected chi connectivity index (χ4v) is 2.11. The Labute approximate surface area is 98.4 Å². The summed E-state index contributed by atoms with van der Waals surface area (Å²) in [7, 11) is 1.63. The molecule has 0 unspecified atom stereocenters. The zero-order chi connectivity index (χ0) is 11.3. The highest BCUT2D eigenvalue weighted by molar-refractivity contribution is 7.99. The van der Waals surface area contributed by atoms with Crippen molar-refractivity contribution in [3.63, 3.8) is 0 Å². The minimum atomic E-state index is 0.0371. The molecule has 1 aromatic carbocycles. The smallest absolute Gasteiger partial charge is 0.220 e. The van der Waals surface area contributed by atoms with E-state index in [1.807, 2.05) is 6.07 Å². The summed E-state index contributed by atoms with van der Waals surface area (Å²) in [6, 6.07) is 5.37. The Bertz CT molecular complexity index is 357. The summed E-state index contributed by atoms with van der Waals surface area (Å²) in [6.07, 6.45) is 0.489. The summed E-state index contributed by atoms with van der Waals surface area (Å²) in [5, 5.41) is 3.20. The second kappa shape index (κ2) is 5.88. The number of amides is 1. The van der Waals surface area contributed by atoms with Gasteiger partial charge >= 0.3 is 0 Å². The normalized spacial score (nSPS) is 10.0. The summed E-state index contributed by atoms with van der Waals surface area (Å²) in [6.45, 7) is 0. The Morgan fingerprint density at radius 2 is 2.33 bits per heavy atom. The Kier molecular flexibility index (Phi) is 4.78. The molecule has 0 aliphatic carbocycles. The summed E-state index contributed by atoms with van der Waals surface area (Å²) in [4.78, 5) is 11.9. The van der Waals surface area contributed by atoms with Crippen molar-refractivity contribution in [2.24, 2.45) is 0 Å². The molecule has 0 heterocycles. The number of nitrogen functional groups attached to an aromatic ring is 1. The lowest BCUT2D eigenvalue weighted by molar-refractivity contribution is -0.120. The molecule has 1 rings (SSSR count). The maximum absolute atomic E-state index is 11.0. The van der Waals surface area contributed by atoms with Crippen molar-refractivity contribution in [1.82, 2.24) is 5.32 Å². The van der Waals surface area contributed by atoms with E-state index in [1.54, 1.807) is 30.9 Å². The molecule has 1 amide bonds. The number of thioether (sulfide) groups is 1. The maximum atomic E-state index is 11.0. The van der Waals surface area contributed by atoms with Gasteiger partial charge in [-0.3, -0.25) is 4.79 Å². The number of benzene rings is 1. The lowest BCUT2D eigenvalue weighted by atomic mass is 10.3. The Balaban J connectivity index is 2.47. The van der Waals surface area contributed by atoms with Crippen LogP contribution < -0.4 is 11.1 Å². The Morgan fingerprint density at radius 3 is 2.93 bits per heavy atom. The molecular weight excluding hydrogens is 232 g/mol. The topological polar surface area (TPSA) is 55.1 Å². The zero-order valence-corrected chi connectivity index (χ0v) is 9.99. The second-order valence-corrected chi connectivity index (χ2v) is 4.53. The van der Waals surface area contributed by atoms with E-state index in [4.69, 9.17) is 17.3 Å². The van der Waals surface area contributed by atoms with Gasteiger partial charge in [-0.15, -0.1) is 11.8 Å². The van der Waals surface area contributed by atoms with E-state index in [2.05, 4.69) is 5.32 Å². The third kappa shape index (κ3) is 4.01. The quantitative estimate of drug-likeness (QED) is 0.630. The van der Waals surface area contributed by atoms with Crippen LogP contribution in [0.3, 0.4) is 0 Å². The van der Waals surface area contributed by atoms with Crippen molar-refractivity contribution in [2.75, 3.05) is 18.5 Å². The van der Waals surface area contributed by atoms with Crippen molar-refractivity contribution < 1.29 is 4.79 Å². The third-order valence-corrected chi connectivity index (χ3v) is 3.16. The van der Waals surface area contributed by atoms with Crippen LogP contribution in [0.5, 0.6) is 0 Å². The Morgan fingerprint density at radius 1 is 1.60 bits per heavy atom. The van der Waals surface area contributed by atoms with Crippen LogP contribution in [-0.4, -0.2) is 18.7 Å². The van der Waals surface area contributed by atoms with Gasteiger partial charge in [0.1, 0.15) is 0 Å². The van der Waals surface area contributed by atoms with Crippen LogP contribution in [0.25, 0.3) is 0 Å². The van der Waals surface area contributed by atoms with E-state index >= 15 is 0 Å². The lowest BCUT2D eigenvalue weighted by Crippen LogP contribution is -2.17. The number of nitrogens with two attached hydrogens (primary N) is 1. The van der Waals surface area contributed by atoms with Crippen LogP contribution in [0.1, 0.15) is 6.42 Å². The van der Waals surface area contributed by atoms with Crippen LogP contribution in [0.2, 0.25) is 5.02 Å². The van der Waals surface area contributed by atoms with Gasteiger partial charge in [-0.05, 0) is 18.2 Å². The van der Waals surface area contributed by atoms with Gasteiger partial charge in [0.2, 0.25) is 5.91 Å². The highest BCUT2D eigenvalue weighted by Gasteiger charge is 2.02. The van der Waals surface area contributed by atoms with Crippen molar-refractivity contribution >= 4 is 35.0 Å². The number of hydrogen-bond acceptors (Lipinski definition) is 3. The molecule has 82 valence electrons. The van der Waals surface area contributed by atoms with Gasteiger partial charge < -0.3 is 11.1 Å². The molecule has 0 aromatic heterocycles. The van der Waals surface area contributed by atoms with Crippen molar-refractivity contribution in [1.29, 1.82) is 0 Å². The number of carbonyl (C=O) groups is 1. The van der Waals surface area contributed by atoms with Gasteiger partial charge in [-0.1, -0.05) is 11.6 Å². The third-order valence-electron chi connectivity index (χ3n) is 1.84. The molecule has 0 saturated carbocycles. The minimum absolute atomic E-state index is 0.0371. The fraction of sp³-hybridized carbons (Fsp3) is 0.300. The standard InChI is InChI=1S/C10H13ClN2OS/c1-13-10(14)4-5-15-9-3-2-7(11)6-8(9)12/h2-3,6H,4-5,12H2,1H3,(H,13,14). The zero-order valence-electron chi connectivity index (χ0n) is 8.42. The maximum Gasteiger partial charge on any atom is 0.220 e. The SMILES string of the molecule is CNC(=O)CCSc1ccc(Cl)cc1N. The number of nitrogens with one attached hydrogen (secondary N) is 1. The monoisotopic (exact) mass is 244 g/mol. The first-order valence-electron chi connectivity index (χ1n) is 4.52. The molecule has 15 heavy (non-hydrogen) atoms. The Hall–Kier alpha value is -0.870. The molecule has 3 N–H and O–H groups in total. The van der Waals surface area contributed by atoms with Gasteiger partial charge in [0.15, 0.2) is 0 Å². The fourth-order valence-electron chi connectivity index (χ4n) is 1.03. The first-order valence-corrected chi connectivity index (χ1v) is 5.88. The highest BCUT2D eigenvalue weighted by Crippen LogP contribution is 2.27. The second-order valence-electron chi connectivity index (χ2n) is 2.95. The molecule has 0 aliphatic rings. The average molecular weight is 245 g/mol. The summed E-state index contributed by atoms with van der Waals surface area (Å²) in [5.74, 6) is 0.751. The number of halogens is 1. The minimum Gasteiger partial charge on any atom is -0.398 e. The number of hydrogen-bond donors (Lipinski definition) is 2. The predicted octanol–water partition coefficient (Wildman–Crippen LogP) is 2.15. The first kappa shape index (κ1) is 12.2. The molecule has 0 atom stereocenters. The molecule has 0 bridgehead atoms. The molecule has 0 radical (unpaired) electrons. The van der Waals surface area contributed by atoms with Crippen LogP contribution >= 0.6 is 23.4 Å². The van der Waals surface area contributed by atoms with Gasteiger partial charge in [0.05, 0.1) is 0 Å². The lowest BCUT2D eigenvalue weighted by Gasteiger charge is -2.05. The van der Waals surface area contributed by atoms with Gasteiger partial charge in [0.25, 0.3) is 0 Å². The first-order chi connectivity index (χ1) is 7.13. The number of rotatable bonds is 4. The summed E-state index contributed by atoms with van der Waals surface area (Å²) in [5.41, 5.74) is 6.42. The van der Waals surface area contributed by atoms with Crippen LogP contribution in [0, 0.1) is 0 Å². The molecule has 0 spiro atoms. The number of carbonyl (C=O) groups excluding carboxylic acids is 1. The largest absolute Gasteiger partial charge is 0.398 e. The van der Waals surface area contributed by atoms with Crippen LogP contribution in [0.4, 0.5) is 5.69 Å². The molecule has 5 heteroatoms. The predicted molar refractivity (Wildman–Crippen MR) is 65.3 cm³/mol. The summed E-state index contributed by atoms with van der Waals surface area (Å²) < 4.78 is 0. The van der Waals surface area contributed by atoms with E-state index in [9.17, 15) is 4.79 Å². The van der Waals surface area contributed by atoms with E-state index < -0.39 is 0 Å². The highest BCUT2D eigenvalue weighted by atomic mass is 35.5. The van der Waals surface area contributed by atoms with Gasteiger partial charge in [-0.25, -0.2) is 0 Å². The molecule has 0 fully saturated rings. The molecule has 0 saturated heterocycles. The molecular formula is C10H13ClN2OS. The van der Waals surface area contributed by atoms with E-state index in [1.165, 1.54) is 0 Å². The van der Waals surface area contributed by atoms with Crippen molar-refractivity contribution in [3.05, 3.63) is 23.2 Å².